The summed E-state index contributed by atoms with van der Waals surface area (Å²) in [5.74, 6) is 1.22. The second-order valence-corrected chi connectivity index (χ2v) is 6.06. The van der Waals surface area contributed by atoms with Gasteiger partial charge in [0.25, 0.3) is 5.91 Å². The molecule has 1 aliphatic rings. The van der Waals surface area contributed by atoms with Gasteiger partial charge in [-0.25, -0.2) is 0 Å². The van der Waals surface area contributed by atoms with E-state index in [4.69, 9.17) is 5.73 Å². The number of hydrogen-bond acceptors (Lipinski definition) is 3. The third kappa shape index (κ3) is 2.74. The number of benzene rings is 1. The molecule has 1 heterocycles. The van der Waals surface area contributed by atoms with Crippen molar-refractivity contribution in [1.29, 1.82) is 0 Å². The van der Waals surface area contributed by atoms with Gasteiger partial charge in [0, 0.05) is 25.2 Å². The van der Waals surface area contributed by atoms with Crippen molar-refractivity contribution < 1.29 is 4.79 Å². The maximum absolute atomic E-state index is 11.6. The Morgan fingerprint density at radius 1 is 1.35 bits per heavy atom. The molecule has 4 heteroatoms. The Morgan fingerprint density at radius 2 is 2.05 bits per heavy atom. The molecule has 1 aliphatic heterocycles. The summed E-state index contributed by atoms with van der Waals surface area (Å²) in [5.41, 5.74) is 8.51. The van der Waals surface area contributed by atoms with Gasteiger partial charge in [0.15, 0.2) is 0 Å². The topological polar surface area (TPSA) is 58.4 Å². The highest BCUT2D eigenvalue weighted by Gasteiger charge is 2.29. The maximum atomic E-state index is 11.6. The number of piperidine rings is 1. The lowest BCUT2D eigenvalue weighted by molar-refractivity contribution is 0.0963. The van der Waals surface area contributed by atoms with E-state index in [2.05, 4.69) is 31.0 Å². The van der Waals surface area contributed by atoms with Crippen LogP contribution in [-0.4, -0.2) is 25.5 Å². The van der Waals surface area contributed by atoms with E-state index >= 15 is 0 Å². The average Bonchev–Trinajstić information content (AvgIpc) is 2.42. The van der Waals surface area contributed by atoms with Gasteiger partial charge in [0.1, 0.15) is 0 Å². The fourth-order valence-corrected chi connectivity index (χ4v) is 3.13. The Hall–Kier alpha value is -1.71. The minimum absolute atomic E-state index is 0.100. The number of nitrogens with one attached hydrogen (secondary N) is 1. The van der Waals surface area contributed by atoms with Gasteiger partial charge in [0.05, 0.1) is 11.4 Å². The number of rotatable bonds is 2. The number of nitrogens with zero attached hydrogens (tertiary/aromatic N) is 1. The molecule has 2 rings (SSSR count). The number of hydrogen-bond donors (Lipinski definition) is 2. The lowest BCUT2D eigenvalue weighted by atomic mass is 9.85. The van der Waals surface area contributed by atoms with Crippen molar-refractivity contribution in [2.45, 2.75) is 33.2 Å². The lowest BCUT2D eigenvalue weighted by Gasteiger charge is -2.43. The highest BCUT2D eigenvalue weighted by atomic mass is 16.1. The summed E-state index contributed by atoms with van der Waals surface area (Å²) in [6.07, 6.45) is 1.26. The largest absolute Gasteiger partial charge is 0.397 e. The molecule has 1 aromatic carbocycles. The van der Waals surface area contributed by atoms with Crippen molar-refractivity contribution in [2.24, 2.45) is 11.8 Å². The van der Waals surface area contributed by atoms with E-state index in [-0.39, 0.29) is 5.91 Å². The first-order chi connectivity index (χ1) is 9.43. The average molecular weight is 275 g/mol. The van der Waals surface area contributed by atoms with Crippen molar-refractivity contribution in [3.05, 3.63) is 23.8 Å². The number of carbonyl (C=O) groups is 1. The van der Waals surface area contributed by atoms with E-state index in [9.17, 15) is 4.79 Å². The molecule has 3 unspecified atom stereocenters. The molecule has 1 saturated heterocycles. The van der Waals surface area contributed by atoms with Crippen LogP contribution < -0.4 is 16.0 Å². The van der Waals surface area contributed by atoms with Crippen molar-refractivity contribution in [1.82, 2.24) is 5.32 Å². The highest BCUT2D eigenvalue weighted by Crippen LogP contribution is 2.34. The predicted molar refractivity (Wildman–Crippen MR) is 84.0 cm³/mol. The third-order valence-electron chi connectivity index (χ3n) is 4.42. The Bertz CT molecular complexity index is 500. The lowest BCUT2D eigenvalue weighted by Crippen LogP contribution is -2.46. The molecule has 3 N–H and O–H groups in total. The van der Waals surface area contributed by atoms with Gasteiger partial charge in [-0.2, -0.15) is 0 Å². The second-order valence-electron chi connectivity index (χ2n) is 6.06. The van der Waals surface area contributed by atoms with Gasteiger partial charge < -0.3 is 16.0 Å². The standard InChI is InChI=1S/C16H25N3O/c1-10-7-11(2)12(3)19(9-10)15-6-5-13(8-14(15)17)16(20)18-4/h5-6,8,10-12H,7,9,17H2,1-4H3,(H,18,20). The van der Waals surface area contributed by atoms with Crippen LogP contribution in [0.5, 0.6) is 0 Å². The Labute approximate surface area is 121 Å². The van der Waals surface area contributed by atoms with Crippen LogP contribution in [0.4, 0.5) is 11.4 Å². The highest BCUT2D eigenvalue weighted by molar-refractivity contribution is 5.96. The first-order valence-electron chi connectivity index (χ1n) is 7.32. The molecule has 0 aliphatic carbocycles. The van der Waals surface area contributed by atoms with Gasteiger partial charge in [-0.3, -0.25) is 4.79 Å². The van der Waals surface area contributed by atoms with Gasteiger partial charge in [-0.15, -0.1) is 0 Å². The van der Waals surface area contributed by atoms with Crippen LogP contribution in [0.1, 0.15) is 37.6 Å². The molecular formula is C16H25N3O. The zero-order chi connectivity index (χ0) is 14.9. The maximum Gasteiger partial charge on any atom is 0.251 e. The summed E-state index contributed by atoms with van der Waals surface area (Å²) in [6, 6.07) is 6.06. The molecule has 1 aromatic rings. The van der Waals surface area contributed by atoms with Crippen LogP contribution >= 0.6 is 0 Å². The number of carbonyl (C=O) groups excluding carboxylic acids is 1. The molecule has 1 amide bonds. The zero-order valence-electron chi connectivity index (χ0n) is 12.8. The molecular weight excluding hydrogens is 250 g/mol. The monoisotopic (exact) mass is 275 g/mol. The molecule has 3 atom stereocenters. The normalized spacial score (nSPS) is 26.4. The Balaban J connectivity index is 2.30. The second kappa shape index (κ2) is 5.73. The summed E-state index contributed by atoms with van der Waals surface area (Å²) in [5, 5.41) is 2.62. The summed E-state index contributed by atoms with van der Waals surface area (Å²) < 4.78 is 0. The smallest absolute Gasteiger partial charge is 0.251 e. The molecule has 0 spiro atoms. The van der Waals surface area contributed by atoms with Crippen molar-refractivity contribution in [3.63, 3.8) is 0 Å². The van der Waals surface area contributed by atoms with Gasteiger partial charge in [0.2, 0.25) is 0 Å². The molecule has 4 nitrogen and oxygen atoms in total. The van der Waals surface area contributed by atoms with Crippen LogP contribution in [0.2, 0.25) is 0 Å². The summed E-state index contributed by atoms with van der Waals surface area (Å²) >= 11 is 0. The van der Waals surface area contributed by atoms with Crippen molar-refractivity contribution >= 4 is 17.3 Å². The molecule has 0 saturated carbocycles. The molecule has 0 aromatic heterocycles. The molecule has 0 radical (unpaired) electrons. The fraction of sp³-hybridized carbons (Fsp3) is 0.562. The van der Waals surface area contributed by atoms with Crippen LogP contribution in [0.15, 0.2) is 18.2 Å². The molecule has 0 bridgehead atoms. The van der Waals surface area contributed by atoms with Gasteiger partial charge in [-0.1, -0.05) is 13.8 Å². The van der Waals surface area contributed by atoms with E-state index in [0.29, 0.717) is 29.1 Å². The number of anilines is 2. The van der Waals surface area contributed by atoms with E-state index in [1.54, 1.807) is 13.1 Å². The first kappa shape index (κ1) is 14.7. The van der Waals surface area contributed by atoms with Crippen LogP contribution in [0, 0.1) is 11.8 Å². The summed E-state index contributed by atoms with van der Waals surface area (Å²) in [4.78, 5) is 14.0. The molecule has 20 heavy (non-hydrogen) atoms. The summed E-state index contributed by atoms with van der Waals surface area (Å²) in [6.45, 7) is 7.85. The van der Waals surface area contributed by atoms with Gasteiger partial charge in [-0.05, 0) is 43.4 Å². The van der Waals surface area contributed by atoms with Crippen LogP contribution in [0.3, 0.4) is 0 Å². The van der Waals surface area contributed by atoms with Crippen molar-refractivity contribution in [2.75, 3.05) is 24.2 Å². The predicted octanol–water partition coefficient (Wildman–Crippen LogP) is 2.50. The molecule has 1 fully saturated rings. The number of amides is 1. The molecule has 110 valence electrons. The minimum atomic E-state index is -0.100. The minimum Gasteiger partial charge on any atom is -0.397 e. The SMILES string of the molecule is CNC(=O)c1ccc(N2CC(C)CC(C)C2C)c(N)c1. The van der Waals surface area contributed by atoms with E-state index < -0.39 is 0 Å². The first-order valence-corrected chi connectivity index (χ1v) is 7.32. The van der Waals surface area contributed by atoms with Crippen LogP contribution in [0.25, 0.3) is 0 Å². The Morgan fingerprint density at radius 3 is 2.65 bits per heavy atom. The fourth-order valence-electron chi connectivity index (χ4n) is 3.13. The third-order valence-corrected chi connectivity index (χ3v) is 4.42. The quantitative estimate of drug-likeness (QED) is 0.815. The number of nitrogens with two attached hydrogens (primary N) is 1. The van der Waals surface area contributed by atoms with Crippen LogP contribution in [-0.2, 0) is 0 Å². The van der Waals surface area contributed by atoms with Gasteiger partial charge >= 0.3 is 0 Å². The van der Waals surface area contributed by atoms with Crippen molar-refractivity contribution in [3.8, 4) is 0 Å². The van der Waals surface area contributed by atoms with E-state index in [1.807, 2.05) is 12.1 Å². The number of nitrogen functional groups attached to an aromatic ring is 1. The zero-order valence-corrected chi connectivity index (χ0v) is 12.8. The summed E-state index contributed by atoms with van der Waals surface area (Å²) in [7, 11) is 1.63. The Kier molecular flexibility index (Phi) is 4.21. The van der Waals surface area contributed by atoms with E-state index in [0.717, 1.165) is 12.2 Å². The van der Waals surface area contributed by atoms with E-state index in [1.165, 1.54) is 6.42 Å².